The quantitative estimate of drug-likeness (QED) is 0.703. The lowest BCUT2D eigenvalue weighted by Crippen LogP contribution is -2.41. The summed E-state index contributed by atoms with van der Waals surface area (Å²) in [6.45, 7) is 5.84. The van der Waals surface area contributed by atoms with Crippen LogP contribution < -0.4 is 0 Å². The molecule has 1 aliphatic heterocycles. The predicted molar refractivity (Wildman–Crippen MR) is 59.0 cm³/mol. The molecule has 0 saturated carbocycles. The van der Waals surface area contributed by atoms with Crippen molar-refractivity contribution in [3.8, 4) is 0 Å². The van der Waals surface area contributed by atoms with Gasteiger partial charge in [-0.3, -0.25) is 0 Å². The van der Waals surface area contributed by atoms with Gasteiger partial charge in [0.25, 0.3) is 0 Å². The molecule has 4 heteroatoms. The first kappa shape index (κ1) is 12.9. The lowest BCUT2D eigenvalue weighted by molar-refractivity contribution is -0.0167. The summed E-state index contributed by atoms with van der Waals surface area (Å²) < 4.78 is 10.7. The molecule has 0 aliphatic carbocycles. The van der Waals surface area contributed by atoms with Crippen LogP contribution in [0.5, 0.6) is 0 Å². The lowest BCUT2D eigenvalue weighted by atomic mass is 10.1. The van der Waals surface area contributed by atoms with E-state index in [9.17, 15) is 0 Å². The molecule has 0 spiro atoms. The van der Waals surface area contributed by atoms with Crippen LogP contribution in [0, 0.1) is 0 Å². The van der Waals surface area contributed by atoms with E-state index in [1.54, 1.807) is 7.11 Å². The van der Waals surface area contributed by atoms with Crippen molar-refractivity contribution in [3.63, 3.8) is 0 Å². The van der Waals surface area contributed by atoms with Crippen molar-refractivity contribution in [1.29, 1.82) is 0 Å². The highest BCUT2D eigenvalue weighted by Crippen LogP contribution is 2.13. The topological polar surface area (TPSA) is 41.9 Å². The Bertz CT molecular complexity index is 158. The van der Waals surface area contributed by atoms with Gasteiger partial charge in [-0.25, -0.2) is 0 Å². The van der Waals surface area contributed by atoms with Crippen molar-refractivity contribution < 1.29 is 14.6 Å². The number of aliphatic hydroxyl groups excluding tert-OH is 1. The van der Waals surface area contributed by atoms with Gasteiger partial charge in [-0.15, -0.1) is 0 Å². The molecule has 1 saturated heterocycles. The Kier molecular flexibility index (Phi) is 6.17. The van der Waals surface area contributed by atoms with Gasteiger partial charge in [0.15, 0.2) is 0 Å². The van der Waals surface area contributed by atoms with Gasteiger partial charge in [0.05, 0.1) is 25.4 Å². The molecule has 1 rings (SSSR count). The Morgan fingerprint density at radius 1 is 1.40 bits per heavy atom. The van der Waals surface area contributed by atoms with Gasteiger partial charge in [-0.2, -0.15) is 0 Å². The normalized spacial score (nSPS) is 21.8. The first-order chi connectivity index (χ1) is 7.26. The van der Waals surface area contributed by atoms with Gasteiger partial charge >= 0.3 is 0 Å². The smallest absolute Gasteiger partial charge is 0.0701 e. The first-order valence-electron chi connectivity index (χ1n) is 5.74. The van der Waals surface area contributed by atoms with E-state index in [4.69, 9.17) is 14.6 Å². The number of nitrogens with zero attached hydrogens (tertiary/aromatic N) is 1. The number of methoxy groups -OCH3 is 1. The molecule has 0 radical (unpaired) electrons. The molecule has 0 aromatic rings. The van der Waals surface area contributed by atoms with Crippen molar-refractivity contribution in [2.45, 2.75) is 32.0 Å². The second kappa shape index (κ2) is 7.17. The summed E-state index contributed by atoms with van der Waals surface area (Å²) in [7, 11) is 1.75. The Morgan fingerprint density at radius 3 is 2.60 bits per heavy atom. The van der Waals surface area contributed by atoms with E-state index >= 15 is 0 Å². The monoisotopic (exact) mass is 217 g/mol. The zero-order valence-electron chi connectivity index (χ0n) is 9.82. The van der Waals surface area contributed by atoms with Crippen LogP contribution in [0.15, 0.2) is 0 Å². The molecule has 0 aromatic carbocycles. The Labute approximate surface area is 92.2 Å². The van der Waals surface area contributed by atoms with Gasteiger partial charge in [0.1, 0.15) is 0 Å². The molecule has 4 nitrogen and oxygen atoms in total. The summed E-state index contributed by atoms with van der Waals surface area (Å²) in [6.07, 6.45) is 2.78. The zero-order valence-corrected chi connectivity index (χ0v) is 9.82. The van der Waals surface area contributed by atoms with Crippen LogP contribution in [0.4, 0.5) is 0 Å². The molecular formula is C11H23NO3. The summed E-state index contributed by atoms with van der Waals surface area (Å²) >= 11 is 0. The summed E-state index contributed by atoms with van der Waals surface area (Å²) in [5.74, 6) is 0. The second-order valence-electron chi connectivity index (χ2n) is 4.14. The summed E-state index contributed by atoms with van der Waals surface area (Å²) in [5, 5.41) is 8.65. The number of likely N-dealkylation sites (tertiary alicyclic amines) is 1. The molecule has 1 aliphatic rings. The van der Waals surface area contributed by atoms with E-state index in [1.807, 2.05) is 0 Å². The van der Waals surface area contributed by atoms with E-state index in [-0.39, 0.29) is 6.61 Å². The fourth-order valence-electron chi connectivity index (χ4n) is 1.92. The van der Waals surface area contributed by atoms with Crippen LogP contribution >= 0.6 is 0 Å². The number of hydrogen-bond donors (Lipinski definition) is 1. The minimum Gasteiger partial charge on any atom is -0.394 e. The van der Waals surface area contributed by atoms with E-state index in [2.05, 4.69) is 11.8 Å². The number of rotatable bonds is 6. The third-order valence-electron chi connectivity index (χ3n) is 2.90. The average molecular weight is 217 g/mol. The van der Waals surface area contributed by atoms with Gasteiger partial charge in [-0.05, 0) is 19.8 Å². The largest absolute Gasteiger partial charge is 0.394 e. The van der Waals surface area contributed by atoms with E-state index in [0.717, 1.165) is 32.5 Å². The molecule has 0 aromatic heterocycles. The molecular weight excluding hydrogens is 194 g/mol. The highest BCUT2D eigenvalue weighted by molar-refractivity contribution is 4.73. The van der Waals surface area contributed by atoms with Crippen molar-refractivity contribution in [1.82, 2.24) is 4.90 Å². The molecule has 0 amide bonds. The van der Waals surface area contributed by atoms with Crippen molar-refractivity contribution in [2.75, 3.05) is 40.0 Å². The van der Waals surface area contributed by atoms with Gasteiger partial charge in [0.2, 0.25) is 0 Å². The van der Waals surface area contributed by atoms with Crippen LogP contribution in [0.2, 0.25) is 0 Å². The standard InChI is InChI=1S/C11H23NO3/c1-10(14-2)9-12-5-3-11(4-6-12)15-8-7-13/h10-11,13H,3-9H2,1-2H3. The predicted octanol–water partition coefficient (Wildman–Crippen LogP) is 0.495. The molecule has 1 fully saturated rings. The maximum atomic E-state index is 8.65. The van der Waals surface area contributed by atoms with Gasteiger partial charge in [-0.1, -0.05) is 0 Å². The van der Waals surface area contributed by atoms with Crippen molar-refractivity contribution >= 4 is 0 Å². The third kappa shape index (κ3) is 4.93. The molecule has 1 heterocycles. The van der Waals surface area contributed by atoms with Crippen LogP contribution in [-0.2, 0) is 9.47 Å². The van der Waals surface area contributed by atoms with Crippen molar-refractivity contribution in [3.05, 3.63) is 0 Å². The number of piperidine rings is 1. The second-order valence-corrected chi connectivity index (χ2v) is 4.14. The summed E-state index contributed by atoms with van der Waals surface area (Å²) in [4.78, 5) is 2.41. The number of hydrogen-bond acceptors (Lipinski definition) is 4. The highest BCUT2D eigenvalue weighted by Gasteiger charge is 2.20. The summed E-state index contributed by atoms with van der Waals surface area (Å²) in [5.41, 5.74) is 0. The van der Waals surface area contributed by atoms with E-state index in [0.29, 0.717) is 18.8 Å². The Morgan fingerprint density at radius 2 is 2.07 bits per heavy atom. The Hall–Kier alpha value is -0.160. The molecule has 1 atom stereocenters. The van der Waals surface area contributed by atoms with Gasteiger partial charge in [0, 0.05) is 26.7 Å². The fraction of sp³-hybridized carbons (Fsp3) is 1.00. The fourth-order valence-corrected chi connectivity index (χ4v) is 1.92. The van der Waals surface area contributed by atoms with Crippen LogP contribution in [-0.4, -0.2) is 62.2 Å². The van der Waals surface area contributed by atoms with Crippen LogP contribution in [0.1, 0.15) is 19.8 Å². The average Bonchev–Trinajstić information content (AvgIpc) is 2.28. The lowest BCUT2D eigenvalue weighted by Gasteiger charge is -2.33. The molecule has 1 unspecified atom stereocenters. The SMILES string of the molecule is COC(C)CN1CCC(OCCO)CC1. The zero-order chi connectivity index (χ0) is 11.1. The molecule has 90 valence electrons. The van der Waals surface area contributed by atoms with E-state index < -0.39 is 0 Å². The Balaban J connectivity index is 2.12. The minimum atomic E-state index is 0.126. The summed E-state index contributed by atoms with van der Waals surface area (Å²) in [6, 6.07) is 0. The van der Waals surface area contributed by atoms with Crippen LogP contribution in [0.25, 0.3) is 0 Å². The number of ether oxygens (including phenoxy) is 2. The number of aliphatic hydroxyl groups is 1. The molecule has 15 heavy (non-hydrogen) atoms. The van der Waals surface area contributed by atoms with Crippen LogP contribution in [0.3, 0.4) is 0 Å². The molecule has 0 bridgehead atoms. The maximum absolute atomic E-state index is 8.65. The van der Waals surface area contributed by atoms with Crippen molar-refractivity contribution in [2.24, 2.45) is 0 Å². The first-order valence-corrected chi connectivity index (χ1v) is 5.74. The minimum absolute atomic E-state index is 0.126. The van der Waals surface area contributed by atoms with E-state index in [1.165, 1.54) is 0 Å². The molecule has 1 N–H and O–H groups in total. The van der Waals surface area contributed by atoms with Gasteiger partial charge < -0.3 is 19.5 Å². The highest BCUT2D eigenvalue weighted by atomic mass is 16.5. The third-order valence-corrected chi connectivity index (χ3v) is 2.90. The maximum Gasteiger partial charge on any atom is 0.0701 e.